The molecule has 2 rings (SSSR count). The van der Waals surface area contributed by atoms with Crippen LogP contribution in [0.3, 0.4) is 0 Å². The number of rotatable bonds is 2. The van der Waals surface area contributed by atoms with Crippen LogP contribution in [0.2, 0.25) is 0 Å². The van der Waals surface area contributed by atoms with E-state index in [9.17, 15) is 0 Å². The second-order valence-electron chi connectivity index (χ2n) is 3.54. The molecule has 86 valence electrons. The van der Waals surface area contributed by atoms with E-state index in [1.807, 2.05) is 28.8 Å². The second-order valence-corrected chi connectivity index (χ2v) is 5.57. The van der Waals surface area contributed by atoms with Gasteiger partial charge in [-0.25, -0.2) is 0 Å². The molecule has 17 heavy (non-hydrogen) atoms. The zero-order valence-electron chi connectivity index (χ0n) is 9.43. The summed E-state index contributed by atoms with van der Waals surface area (Å²) in [6, 6.07) is 7.78. The van der Waals surface area contributed by atoms with Crippen LogP contribution in [-0.2, 0) is 0 Å². The van der Waals surface area contributed by atoms with Crippen LogP contribution in [0.5, 0.6) is 0 Å². The lowest BCUT2D eigenvalue weighted by Gasteiger charge is -2.08. The number of thiazole rings is 1. The van der Waals surface area contributed by atoms with Gasteiger partial charge >= 0.3 is 0 Å². The van der Waals surface area contributed by atoms with Crippen molar-refractivity contribution in [3.8, 4) is 5.69 Å². The third kappa shape index (κ3) is 2.28. The Bertz CT molecular complexity index is 661. The molecule has 1 aromatic heterocycles. The summed E-state index contributed by atoms with van der Waals surface area (Å²) in [6.07, 6.45) is 0. The van der Waals surface area contributed by atoms with Crippen molar-refractivity contribution >= 4 is 46.6 Å². The first-order valence-electron chi connectivity index (χ1n) is 5.01. The molecule has 0 saturated heterocycles. The van der Waals surface area contributed by atoms with Crippen LogP contribution in [0.4, 0.5) is 5.69 Å². The Kier molecular flexibility index (Phi) is 3.64. The minimum atomic E-state index is 0.791. The summed E-state index contributed by atoms with van der Waals surface area (Å²) in [7, 11) is 0. The monoisotopic (exact) mass is 278 g/mol. The predicted octanol–water partition coefficient (Wildman–Crippen LogP) is 4.62. The van der Waals surface area contributed by atoms with E-state index < -0.39 is 0 Å². The van der Waals surface area contributed by atoms with E-state index in [0.29, 0.717) is 0 Å². The van der Waals surface area contributed by atoms with Crippen molar-refractivity contribution < 1.29 is 0 Å². The van der Waals surface area contributed by atoms with Crippen molar-refractivity contribution in [2.24, 2.45) is 4.99 Å². The Morgan fingerprint density at radius 2 is 2.00 bits per heavy atom. The minimum absolute atomic E-state index is 0.791. The molecule has 0 saturated carbocycles. The SMILES string of the molecule is Cc1sc(=S)n(-c2ccccc2N=C=S)c1C. The first kappa shape index (κ1) is 12.3. The molecule has 0 bridgehead atoms. The highest BCUT2D eigenvalue weighted by Gasteiger charge is 2.10. The summed E-state index contributed by atoms with van der Waals surface area (Å²) in [5.74, 6) is 0. The topological polar surface area (TPSA) is 17.3 Å². The van der Waals surface area contributed by atoms with E-state index in [0.717, 1.165) is 21.0 Å². The van der Waals surface area contributed by atoms with E-state index in [2.05, 4.69) is 36.2 Å². The smallest absolute Gasteiger partial charge is 0.166 e. The number of isothiocyanates is 1. The van der Waals surface area contributed by atoms with Gasteiger partial charge in [0.15, 0.2) is 3.95 Å². The van der Waals surface area contributed by atoms with E-state index in [4.69, 9.17) is 12.2 Å². The molecule has 0 amide bonds. The van der Waals surface area contributed by atoms with E-state index in [1.54, 1.807) is 11.3 Å². The molecule has 2 aromatic rings. The van der Waals surface area contributed by atoms with Crippen LogP contribution in [0.15, 0.2) is 29.3 Å². The third-order valence-corrected chi connectivity index (χ3v) is 4.04. The molecule has 1 heterocycles. The predicted molar refractivity (Wildman–Crippen MR) is 78.6 cm³/mol. The second kappa shape index (κ2) is 5.02. The van der Waals surface area contributed by atoms with E-state index in [1.165, 1.54) is 4.88 Å². The van der Waals surface area contributed by atoms with Crippen molar-refractivity contribution in [3.05, 3.63) is 38.8 Å². The van der Waals surface area contributed by atoms with Gasteiger partial charge in [0.25, 0.3) is 0 Å². The maximum atomic E-state index is 5.38. The highest BCUT2D eigenvalue weighted by molar-refractivity contribution is 7.78. The quantitative estimate of drug-likeness (QED) is 0.589. The summed E-state index contributed by atoms with van der Waals surface area (Å²) in [6.45, 7) is 4.12. The number of aliphatic imine (C=N–C) groups is 1. The fourth-order valence-electron chi connectivity index (χ4n) is 1.62. The van der Waals surface area contributed by atoms with Gasteiger partial charge < -0.3 is 0 Å². The Hall–Kier alpha value is -1.13. The molecule has 0 unspecified atom stereocenters. The van der Waals surface area contributed by atoms with Crippen LogP contribution in [0.25, 0.3) is 5.69 Å². The molecule has 0 aliphatic carbocycles. The van der Waals surface area contributed by atoms with Gasteiger partial charge in [-0.1, -0.05) is 12.1 Å². The van der Waals surface area contributed by atoms with E-state index >= 15 is 0 Å². The van der Waals surface area contributed by atoms with Crippen molar-refractivity contribution in [3.63, 3.8) is 0 Å². The van der Waals surface area contributed by atoms with Crippen molar-refractivity contribution in [1.29, 1.82) is 0 Å². The standard InChI is InChI=1S/C12H10N2S3/c1-8-9(2)17-12(16)14(8)11-6-4-3-5-10(11)13-7-15/h3-6H,1-2H3. The van der Waals surface area contributed by atoms with E-state index in [-0.39, 0.29) is 0 Å². The molecule has 5 heteroatoms. The number of thiocarbonyl (C=S) groups is 1. The largest absolute Gasteiger partial charge is 0.294 e. The number of aromatic nitrogens is 1. The number of aryl methyl sites for hydroxylation is 1. The summed E-state index contributed by atoms with van der Waals surface area (Å²) in [5.41, 5.74) is 2.89. The number of para-hydroxylation sites is 2. The van der Waals surface area contributed by atoms with Gasteiger partial charge in [0.2, 0.25) is 0 Å². The Balaban J connectivity index is 2.77. The first-order chi connectivity index (χ1) is 8.15. The summed E-state index contributed by atoms with van der Waals surface area (Å²) in [5, 5.41) is 2.40. The zero-order chi connectivity index (χ0) is 12.4. The molecule has 0 aliphatic heterocycles. The Labute approximate surface area is 114 Å². The fraction of sp³-hybridized carbons (Fsp3) is 0.167. The summed E-state index contributed by atoms with van der Waals surface area (Å²) in [4.78, 5) is 5.30. The van der Waals surface area contributed by atoms with Crippen LogP contribution in [0.1, 0.15) is 10.6 Å². The van der Waals surface area contributed by atoms with Crippen molar-refractivity contribution in [2.75, 3.05) is 0 Å². The van der Waals surface area contributed by atoms with Crippen LogP contribution < -0.4 is 0 Å². The lowest BCUT2D eigenvalue weighted by molar-refractivity contribution is 0.994. The minimum Gasteiger partial charge on any atom is -0.294 e. The van der Waals surface area contributed by atoms with Crippen LogP contribution in [0, 0.1) is 17.8 Å². The lowest BCUT2D eigenvalue weighted by atomic mass is 10.2. The molecule has 0 fully saturated rings. The van der Waals surface area contributed by atoms with Gasteiger partial charge in [-0.05, 0) is 50.4 Å². The summed E-state index contributed by atoms with van der Waals surface area (Å²) < 4.78 is 2.85. The maximum Gasteiger partial charge on any atom is 0.166 e. The number of benzene rings is 1. The molecule has 0 aliphatic rings. The van der Waals surface area contributed by atoms with Gasteiger partial charge in [0.05, 0.1) is 16.5 Å². The van der Waals surface area contributed by atoms with Gasteiger partial charge in [-0.15, -0.1) is 11.3 Å². The summed E-state index contributed by atoms with van der Waals surface area (Å²) >= 11 is 11.7. The molecule has 2 nitrogen and oxygen atoms in total. The molecule has 0 N–H and O–H groups in total. The molecular weight excluding hydrogens is 268 g/mol. The number of nitrogens with zero attached hydrogens (tertiary/aromatic N) is 2. The molecule has 0 atom stereocenters. The average molecular weight is 278 g/mol. The Morgan fingerprint density at radius 1 is 1.29 bits per heavy atom. The average Bonchev–Trinajstić information content (AvgIpc) is 2.55. The highest BCUT2D eigenvalue weighted by Crippen LogP contribution is 2.28. The zero-order valence-corrected chi connectivity index (χ0v) is 11.9. The third-order valence-electron chi connectivity index (χ3n) is 2.56. The van der Waals surface area contributed by atoms with Gasteiger partial charge in [-0.3, -0.25) is 4.57 Å². The van der Waals surface area contributed by atoms with Gasteiger partial charge in [0.1, 0.15) is 0 Å². The molecular formula is C12H10N2S3. The maximum absolute atomic E-state index is 5.38. The molecule has 1 aromatic carbocycles. The molecule has 0 spiro atoms. The normalized spacial score (nSPS) is 10.0. The van der Waals surface area contributed by atoms with Gasteiger partial charge in [-0.2, -0.15) is 4.99 Å². The lowest BCUT2D eigenvalue weighted by Crippen LogP contribution is -1.97. The Morgan fingerprint density at radius 3 is 2.59 bits per heavy atom. The number of hydrogen-bond acceptors (Lipinski definition) is 4. The van der Waals surface area contributed by atoms with Crippen molar-refractivity contribution in [2.45, 2.75) is 13.8 Å². The van der Waals surface area contributed by atoms with Gasteiger partial charge in [0, 0.05) is 10.6 Å². The fourth-order valence-corrected chi connectivity index (χ4v) is 3.16. The van der Waals surface area contributed by atoms with Crippen LogP contribution >= 0.6 is 35.8 Å². The van der Waals surface area contributed by atoms with Crippen molar-refractivity contribution in [1.82, 2.24) is 4.57 Å². The highest BCUT2D eigenvalue weighted by atomic mass is 32.1. The first-order valence-corrected chi connectivity index (χ1v) is 6.64. The van der Waals surface area contributed by atoms with Crippen LogP contribution in [-0.4, -0.2) is 9.73 Å². The number of hydrogen-bond donors (Lipinski definition) is 0. The molecule has 0 radical (unpaired) electrons.